The van der Waals surface area contributed by atoms with Crippen molar-refractivity contribution in [2.24, 2.45) is 0 Å². The van der Waals surface area contributed by atoms with Gasteiger partial charge in [0.1, 0.15) is 0 Å². The number of carbonyl (C=O) groups is 1. The highest BCUT2D eigenvalue weighted by molar-refractivity contribution is 7.99. The zero-order valence-electron chi connectivity index (χ0n) is 14.4. The number of carbonyl (C=O) groups excluding carboxylic acids is 1. The van der Waals surface area contributed by atoms with E-state index >= 15 is 0 Å². The Bertz CT molecular complexity index is 858. The van der Waals surface area contributed by atoms with Gasteiger partial charge in [-0.05, 0) is 40.9 Å². The lowest BCUT2D eigenvalue weighted by atomic mass is 10.2. The van der Waals surface area contributed by atoms with E-state index < -0.39 is 0 Å². The Morgan fingerprint density at radius 2 is 2.15 bits per heavy atom. The number of aromatic nitrogens is 4. The van der Waals surface area contributed by atoms with E-state index in [0.29, 0.717) is 18.2 Å². The first kappa shape index (κ1) is 18.3. The van der Waals surface area contributed by atoms with Gasteiger partial charge in [-0.3, -0.25) is 4.79 Å². The average molecular weight is 386 g/mol. The number of thiophene rings is 1. The summed E-state index contributed by atoms with van der Waals surface area (Å²) in [5, 5.41) is 14.4. The van der Waals surface area contributed by atoms with Crippen LogP contribution in [0.4, 0.5) is 0 Å². The Hall–Kier alpha value is -2.45. The molecule has 0 saturated carbocycles. The van der Waals surface area contributed by atoms with Crippen molar-refractivity contribution in [2.75, 3.05) is 12.3 Å². The maximum absolute atomic E-state index is 12.6. The number of thioether (sulfide) groups is 1. The molecule has 2 heterocycles. The summed E-state index contributed by atoms with van der Waals surface area (Å²) in [6, 6.07) is 11.9. The lowest BCUT2D eigenvalue weighted by molar-refractivity contribution is -0.128. The molecule has 6 nitrogen and oxygen atoms in total. The van der Waals surface area contributed by atoms with Crippen LogP contribution in [0.15, 0.2) is 59.6 Å². The van der Waals surface area contributed by atoms with Gasteiger partial charge in [0, 0.05) is 11.4 Å². The smallest absolute Gasteiger partial charge is 0.233 e. The molecule has 0 aliphatic rings. The van der Waals surface area contributed by atoms with Crippen molar-refractivity contribution in [3.63, 3.8) is 0 Å². The Morgan fingerprint density at radius 3 is 2.85 bits per heavy atom. The van der Waals surface area contributed by atoms with Crippen molar-refractivity contribution in [1.82, 2.24) is 25.1 Å². The summed E-state index contributed by atoms with van der Waals surface area (Å²) in [5.74, 6) is 0.299. The highest BCUT2D eigenvalue weighted by atomic mass is 32.2. The minimum atomic E-state index is 0.0294. The minimum Gasteiger partial charge on any atom is -0.333 e. The van der Waals surface area contributed by atoms with Crippen molar-refractivity contribution < 1.29 is 4.79 Å². The van der Waals surface area contributed by atoms with Gasteiger partial charge in [0.25, 0.3) is 0 Å². The van der Waals surface area contributed by atoms with E-state index in [9.17, 15) is 4.79 Å². The first-order chi connectivity index (χ1) is 12.7. The molecule has 0 unspecified atom stereocenters. The standard InChI is InChI=1S/C18H19N5OS2/c1-3-10-22(12-16-5-4-11-25-16)17(24)13-26-18-19-20-21-23(18)15-8-6-14(2)7-9-15/h3-9,11H,1,10,12-13H2,2H3. The normalized spacial score (nSPS) is 10.7. The first-order valence-corrected chi connectivity index (χ1v) is 9.93. The van der Waals surface area contributed by atoms with Crippen LogP contribution < -0.4 is 0 Å². The number of aryl methyl sites for hydroxylation is 1. The Morgan fingerprint density at radius 1 is 1.35 bits per heavy atom. The summed E-state index contributed by atoms with van der Waals surface area (Å²) in [7, 11) is 0. The van der Waals surface area contributed by atoms with Crippen LogP contribution in [0.3, 0.4) is 0 Å². The number of rotatable bonds is 8. The van der Waals surface area contributed by atoms with Crippen LogP contribution in [0.1, 0.15) is 10.4 Å². The number of tetrazole rings is 1. The molecule has 0 radical (unpaired) electrons. The molecule has 0 bridgehead atoms. The van der Waals surface area contributed by atoms with Crippen molar-refractivity contribution in [3.8, 4) is 5.69 Å². The van der Waals surface area contributed by atoms with Crippen molar-refractivity contribution in [2.45, 2.75) is 18.6 Å². The molecular formula is C18H19N5OS2. The van der Waals surface area contributed by atoms with Gasteiger partial charge in [0.15, 0.2) is 0 Å². The van der Waals surface area contributed by atoms with E-state index in [1.165, 1.54) is 17.3 Å². The summed E-state index contributed by atoms with van der Waals surface area (Å²) >= 11 is 2.97. The maximum atomic E-state index is 12.6. The second-order valence-corrected chi connectivity index (χ2v) is 7.61. The Labute approximate surface area is 160 Å². The number of hydrogen-bond donors (Lipinski definition) is 0. The minimum absolute atomic E-state index is 0.0294. The molecule has 0 aliphatic heterocycles. The van der Waals surface area contributed by atoms with Crippen molar-refractivity contribution >= 4 is 29.0 Å². The summed E-state index contributed by atoms with van der Waals surface area (Å²) < 4.78 is 1.65. The lowest BCUT2D eigenvalue weighted by Gasteiger charge is -2.20. The molecule has 3 rings (SSSR count). The monoisotopic (exact) mass is 385 g/mol. The van der Waals surface area contributed by atoms with E-state index in [2.05, 4.69) is 22.1 Å². The van der Waals surface area contributed by atoms with E-state index in [4.69, 9.17) is 0 Å². The van der Waals surface area contributed by atoms with E-state index in [1.54, 1.807) is 27.0 Å². The Kier molecular flexibility index (Phi) is 6.19. The van der Waals surface area contributed by atoms with Gasteiger partial charge in [0.2, 0.25) is 11.1 Å². The molecule has 0 saturated heterocycles. The second kappa shape index (κ2) is 8.77. The molecule has 8 heteroatoms. The summed E-state index contributed by atoms with van der Waals surface area (Å²) in [6.45, 7) is 6.88. The highest BCUT2D eigenvalue weighted by Crippen LogP contribution is 2.20. The van der Waals surface area contributed by atoms with E-state index in [-0.39, 0.29) is 11.7 Å². The molecule has 134 valence electrons. The molecule has 2 aromatic heterocycles. The number of benzene rings is 1. The molecule has 1 amide bonds. The van der Waals surface area contributed by atoms with Gasteiger partial charge >= 0.3 is 0 Å². The van der Waals surface area contributed by atoms with Crippen LogP contribution in [0.5, 0.6) is 0 Å². The summed E-state index contributed by atoms with van der Waals surface area (Å²) in [4.78, 5) is 15.6. The van der Waals surface area contributed by atoms with Gasteiger partial charge in [-0.2, -0.15) is 4.68 Å². The quantitative estimate of drug-likeness (QED) is 0.440. The first-order valence-electron chi connectivity index (χ1n) is 8.06. The lowest BCUT2D eigenvalue weighted by Crippen LogP contribution is -2.31. The van der Waals surface area contributed by atoms with Gasteiger partial charge in [-0.25, -0.2) is 0 Å². The second-order valence-electron chi connectivity index (χ2n) is 5.64. The third kappa shape index (κ3) is 4.59. The molecule has 0 spiro atoms. The third-order valence-electron chi connectivity index (χ3n) is 3.67. The zero-order chi connectivity index (χ0) is 18.4. The molecule has 0 fully saturated rings. The Balaban J connectivity index is 1.66. The molecule has 0 aliphatic carbocycles. The van der Waals surface area contributed by atoms with Gasteiger partial charge in [-0.15, -0.1) is 23.0 Å². The molecule has 26 heavy (non-hydrogen) atoms. The molecule has 3 aromatic rings. The SMILES string of the molecule is C=CCN(Cc1cccs1)C(=O)CSc1nnnn1-c1ccc(C)cc1. The van der Waals surface area contributed by atoms with Crippen LogP contribution in [-0.4, -0.2) is 43.3 Å². The van der Waals surface area contributed by atoms with Gasteiger partial charge in [-0.1, -0.05) is 41.6 Å². The number of hydrogen-bond acceptors (Lipinski definition) is 6. The molecule has 1 aromatic carbocycles. The fraction of sp³-hybridized carbons (Fsp3) is 0.222. The summed E-state index contributed by atoms with van der Waals surface area (Å²) in [6.07, 6.45) is 1.74. The van der Waals surface area contributed by atoms with E-state index in [1.807, 2.05) is 48.7 Å². The number of amides is 1. The van der Waals surface area contributed by atoms with Crippen LogP contribution >= 0.6 is 23.1 Å². The topological polar surface area (TPSA) is 63.9 Å². The average Bonchev–Trinajstić information content (AvgIpc) is 3.31. The third-order valence-corrected chi connectivity index (χ3v) is 5.44. The van der Waals surface area contributed by atoms with E-state index in [0.717, 1.165) is 10.6 Å². The van der Waals surface area contributed by atoms with Crippen LogP contribution in [0.25, 0.3) is 5.69 Å². The predicted molar refractivity (Wildman–Crippen MR) is 105 cm³/mol. The van der Waals surface area contributed by atoms with Crippen LogP contribution in [0, 0.1) is 6.92 Å². The van der Waals surface area contributed by atoms with Crippen molar-refractivity contribution in [3.05, 3.63) is 64.9 Å². The predicted octanol–water partition coefficient (Wildman–Crippen LogP) is 3.34. The van der Waals surface area contributed by atoms with Crippen LogP contribution in [0.2, 0.25) is 0 Å². The molecule has 0 N–H and O–H groups in total. The zero-order valence-corrected chi connectivity index (χ0v) is 16.0. The molecule has 0 atom stereocenters. The van der Waals surface area contributed by atoms with Gasteiger partial charge < -0.3 is 4.90 Å². The van der Waals surface area contributed by atoms with Crippen LogP contribution in [-0.2, 0) is 11.3 Å². The molecular weight excluding hydrogens is 366 g/mol. The van der Waals surface area contributed by atoms with Crippen molar-refractivity contribution in [1.29, 1.82) is 0 Å². The van der Waals surface area contributed by atoms with Gasteiger partial charge in [0.05, 0.1) is 18.0 Å². The maximum Gasteiger partial charge on any atom is 0.233 e. The number of nitrogens with zero attached hydrogens (tertiary/aromatic N) is 5. The largest absolute Gasteiger partial charge is 0.333 e. The highest BCUT2D eigenvalue weighted by Gasteiger charge is 2.16. The fourth-order valence-corrected chi connectivity index (χ4v) is 3.85. The summed E-state index contributed by atoms with van der Waals surface area (Å²) in [5.41, 5.74) is 2.04. The fourth-order valence-electron chi connectivity index (χ4n) is 2.34.